The highest BCUT2D eigenvalue weighted by Crippen LogP contribution is 1.94. The summed E-state index contributed by atoms with van der Waals surface area (Å²) in [7, 11) is 0. The van der Waals surface area contributed by atoms with Crippen LogP contribution in [0.2, 0.25) is 0 Å². The van der Waals surface area contributed by atoms with Crippen LogP contribution in [-0.2, 0) is 0 Å². The maximum absolute atomic E-state index is 8.48. The zero-order chi connectivity index (χ0) is 11.6. The highest BCUT2D eigenvalue weighted by Gasteiger charge is 2.10. The van der Waals surface area contributed by atoms with Crippen molar-refractivity contribution in [3.63, 3.8) is 0 Å². The van der Waals surface area contributed by atoms with Gasteiger partial charge in [-0.25, -0.2) is 0 Å². The van der Waals surface area contributed by atoms with E-state index in [9.17, 15) is 0 Å². The van der Waals surface area contributed by atoms with E-state index in [1.165, 1.54) is 6.08 Å². The Hall–Kier alpha value is -1.16. The molecule has 0 atom stereocenters. The standard InChI is InChI=1S/C12H18O3/c1-2-3-4-5-6-7-8-9-10-11-12(13,14)15/h4-11,13-15H,2-3H2,1H3. The minimum absolute atomic E-state index is 0.865. The van der Waals surface area contributed by atoms with Crippen LogP contribution in [0.5, 0.6) is 0 Å². The third-order valence-electron chi connectivity index (χ3n) is 1.47. The normalized spacial score (nSPS) is 14.1. The average Bonchev–Trinajstić information content (AvgIpc) is 2.14. The number of aliphatic hydroxyl groups is 3. The summed E-state index contributed by atoms with van der Waals surface area (Å²) in [5, 5.41) is 25.4. The summed E-state index contributed by atoms with van der Waals surface area (Å²) >= 11 is 0. The summed E-state index contributed by atoms with van der Waals surface area (Å²) in [4.78, 5) is 0. The molecule has 0 radical (unpaired) electrons. The molecule has 3 nitrogen and oxygen atoms in total. The molecule has 84 valence electrons. The second kappa shape index (κ2) is 8.17. The molecule has 0 aromatic carbocycles. The average molecular weight is 210 g/mol. The molecular formula is C12H18O3. The predicted octanol–water partition coefficient (Wildman–Crippen LogP) is 1.64. The Morgan fingerprint density at radius 3 is 1.93 bits per heavy atom. The van der Waals surface area contributed by atoms with Crippen LogP contribution >= 0.6 is 0 Å². The van der Waals surface area contributed by atoms with Crippen molar-refractivity contribution in [3.05, 3.63) is 48.6 Å². The highest BCUT2D eigenvalue weighted by atomic mass is 16.7. The SMILES string of the molecule is CCCC=CC=CC=CC=CC(O)(O)O. The largest absolute Gasteiger partial charge is 0.340 e. The van der Waals surface area contributed by atoms with Gasteiger partial charge in [0.2, 0.25) is 0 Å². The van der Waals surface area contributed by atoms with Gasteiger partial charge >= 0.3 is 0 Å². The first-order chi connectivity index (χ1) is 7.06. The second-order valence-corrected chi connectivity index (χ2v) is 3.03. The minimum Gasteiger partial charge on any atom is -0.340 e. The summed E-state index contributed by atoms with van der Waals surface area (Å²) in [6.45, 7) is 2.11. The molecule has 0 aromatic rings. The molecule has 3 heteroatoms. The minimum atomic E-state index is -2.73. The zero-order valence-electron chi connectivity index (χ0n) is 8.87. The van der Waals surface area contributed by atoms with Gasteiger partial charge < -0.3 is 15.3 Å². The van der Waals surface area contributed by atoms with Gasteiger partial charge in [0.25, 0.3) is 5.97 Å². The zero-order valence-corrected chi connectivity index (χ0v) is 8.87. The Balaban J connectivity index is 3.76. The Kier molecular flexibility index (Phi) is 7.54. The van der Waals surface area contributed by atoms with E-state index in [0.29, 0.717) is 0 Å². The van der Waals surface area contributed by atoms with Crippen LogP contribution in [0, 0.1) is 0 Å². The van der Waals surface area contributed by atoms with Crippen LogP contribution in [0.15, 0.2) is 48.6 Å². The van der Waals surface area contributed by atoms with Gasteiger partial charge in [0.15, 0.2) is 0 Å². The van der Waals surface area contributed by atoms with Gasteiger partial charge in [-0.1, -0.05) is 55.9 Å². The van der Waals surface area contributed by atoms with Crippen molar-refractivity contribution in [2.24, 2.45) is 0 Å². The maximum Gasteiger partial charge on any atom is 0.297 e. The summed E-state index contributed by atoms with van der Waals surface area (Å²) < 4.78 is 0. The van der Waals surface area contributed by atoms with E-state index in [2.05, 4.69) is 13.0 Å². The van der Waals surface area contributed by atoms with E-state index in [-0.39, 0.29) is 0 Å². The van der Waals surface area contributed by atoms with Crippen molar-refractivity contribution in [2.45, 2.75) is 25.7 Å². The molecule has 0 amide bonds. The van der Waals surface area contributed by atoms with Crippen molar-refractivity contribution in [1.82, 2.24) is 0 Å². The van der Waals surface area contributed by atoms with Crippen LogP contribution in [0.4, 0.5) is 0 Å². The van der Waals surface area contributed by atoms with E-state index >= 15 is 0 Å². The summed E-state index contributed by atoms with van der Waals surface area (Å²) in [6, 6.07) is 0. The van der Waals surface area contributed by atoms with E-state index in [0.717, 1.165) is 18.9 Å². The second-order valence-electron chi connectivity index (χ2n) is 3.03. The molecule has 0 bridgehead atoms. The van der Waals surface area contributed by atoms with Crippen molar-refractivity contribution < 1.29 is 15.3 Å². The molecule has 0 fully saturated rings. The van der Waals surface area contributed by atoms with Gasteiger partial charge in [0, 0.05) is 6.08 Å². The third-order valence-corrected chi connectivity index (χ3v) is 1.47. The third kappa shape index (κ3) is 12.8. The Morgan fingerprint density at radius 1 is 0.867 bits per heavy atom. The molecular weight excluding hydrogens is 192 g/mol. The van der Waals surface area contributed by atoms with Gasteiger partial charge in [-0.3, -0.25) is 0 Å². The molecule has 0 saturated carbocycles. The molecule has 0 spiro atoms. The van der Waals surface area contributed by atoms with Crippen LogP contribution in [-0.4, -0.2) is 21.3 Å². The molecule has 0 aliphatic carbocycles. The molecule has 0 rings (SSSR count). The van der Waals surface area contributed by atoms with E-state index < -0.39 is 5.97 Å². The summed E-state index contributed by atoms with van der Waals surface area (Å²) in [5.74, 6) is -2.73. The van der Waals surface area contributed by atoms with Gasteiger partial charge in [-0.2, -0.15) is 0 Å². The highest BCUT2D eigenvalue weighted by molar-refractivity contribution is 5.15. The van der Waals surface area contributed by atoms with Crippen LogP contribution in [0.1, 0.15) is 19.8 Å². The topological polar surface area (TPSA) is 60.7 Å². The van der Waals surface area contributed by atoms with E-state index in [1.807, 2.05) is 18.2 Å². The number of allylic oxidation sites excluding steroid dienone is 7. The fraction of sp³-hybridized carbons (Fsp3) is 0.333. The lowest BCUT2D eigenvalue weighted by Crippen LogP contribution is -2.22. The number of hydrogen-bond donors (Lipinski definition) is 3. The van der Waals surface area contributed by atoms with Gasteiger partial charge in [-0.05, 0) is 6.42 Å². The number of unbranched alkanes of at least 4 members (excludes halogenated alkanes) is 1. The number of rotatable bonds is 6. The maximum atomic E-state index is 8.48. The molecule has 0 aliphatic heterocycles. The Morgan fingerprint density at radius 2 is 1.40 bits per heavy atom. The first-order valence-electron chi connectivity index (χ1n) is 4.91. The number of hydrogen-bond acceptors (Lipinski definition) is 3. The molecule has 0 saturated heterocycles. The van der Waals surface area contributed by atoms with Crippen molar-refractivity contribution >= 4 is 0 Å². The van der Waals surface area contributed by atoms with Gasteiger partial charge in [-0.15, -0.1) is 0 Å². The summed E-state index contributed by atoms with van der Waals surface area (Å²) in [5.41, 5.74) is 0. The lowest BCUT2D eigenvalue weighted by molar-refractivity contribution is -0.273. The fourth-order valence-electron chi connectivity index (χ4n) is 0.783. The quantitative estimate of drug-likeness (QED) is 0.461. The lowest BCUT2D eigenvalue weighted by atomic mass is 10.3. The molecule has 0 aromatic heterocycles. The van der Waals surface area contributed by atoms with Crippen LogP contribution in [0.25, 0.3) is 0 Å². The Labute approximate surface area is 90.4 Å². The first kappa shape index (κ1) is 13.8. The first-order valence-corrected chi connectivity index (χ1v) is 4.91. The smallest absolute Gasteiger partial charge is 0.297 e. The van der Waals surface area contributed by atoms with Crippen molar-refractivity contribution in [1.29, 1.82) is 0 Å². The molecule has 3 N–H and O–H groups in total. The Bertz CT molecular complexity index is 255. The summed E-state index contributed by atoms with van der Waals surface area (Å²) in [6.07, 6.45) is 15.4. The van der Waals surface area contributed by atoms with E-state index in [1.54, 1.807) is 12.2 Å². The van der Waals surface area contributed by atoms with Gasteiger partial charge in [0.05, 0.1) is 0 Å². The molecule has 0 heterocycles. The van der Waals surface area contributed by atoms with E-state index in [4.69, 9.17) is 15.3 Å². The molecule has 0 aliphatic rings. The monoisotopic (exact) mass is 210 g/mol. The fourth-order valence-corrected chi connectivity index (χ4v) is 0.783. The predicted molar refractivity (Wildman–Crippen MR) is 60.9 cm³/mol. The molecule has 15 heavy (non-hydrogen) atoms. The molecule has 0 unspecified atom stereocenters. The van der Waals surface area contributed by atoms with Crippen LogP contribution in [0.3, 0.4) is 0 Å². The van der Waals surface area contributed by atoms with Gasteiger partial charge in [0.1, 0.15) is 0 Å². The van der Waals surface area contributed by atoms with Crippen LogP contribution < -0.4 is 0 Å². The van der Waals surface area contributed by atoms with Crippen molar-refractivity contribution in [3.8, 4) is 0 Å². The van der Waals surface area contributed by atoms with Crippen molar-refractivity contribution in [2.75, 3.05) is 0 Å². The lowest BCUT2D eigenvalue weighted by Gasteiger charge is -2.05.